The molecule has 1 fully saturated rings. The highest BCUT2D eigenvalue weighted by molar-refractivity contribution is 14.1. The molecule has 1 saturated carbocycles. The van der Waals surface area contributed by atoms with Gasteiger partial charge < -0.3 is 15.8 Å². The highest BCUT2D eigenvalue weighted by Gasteiger charge is 2.28. The number of hydrogen-bond acceptors (Lipinski definition) is 3. The van der Waals surface area contributed by atoms with Crippen molar-refractivity contribution in [1.29, 1.82) is 0 Å². The maximum atomic E-state index is 11.5. The number of carbonyl (C=O) groups excluding carboxylic acids is 1. The molecule has 0 aliphatic heterocycles. The molecule has 98 valence electrons. The second kappa shape index (κ2) is 6.38. The third-order valence-corrected chi connectivity index (χ3v) is 3.67. The maximum Gasteiger partial charge on any atom is 0.257 e. The van der Waals surface area contributed by atoms with Crippen LogP contribution in [0.1, 0.15) is 12.8 Å². The molecular weight excluding hydrogens is 343 g/mol. The zero-order chi connectivity index (χ0) is 13.0. The zero-order valence-corrected chi connectivity index (χ0v) is 12.2. The Balaban J connectivity index is 1.66. The Morgan fingerprint density at radius 3 is 2.72 bits per heavy atom. The van der Waals surface area contributed by atoms with E-state index in [1.165, 1.54) is 12.8 Å². The average Bonchev–Trinajstić information content (AvgIpc) is 3.19. The van der Waals surface area contributed by atoms with Crippen LogP contribution in [0.25, 0.3) is 0 Å². The molecule has 1 aromatic carbocycles. The largest absolute Gasteiger partial charge is 0.484 e. The summed E-state index contributed by atoms with van der Waals surface area (Å²) in [5.41, 5.74) is 5.89. The third-order valence-electron chi connectivity index (χ3n) is 2.95. The number of benzene rings is 1. The van der Waals surface area contributed by atoms with Gasteiger partial charge >= 0.3 is 0 Å². The predicted octanol–water partition coefficient (Wildman–Crippen LogP) is 1.52. The number of nitrogens with two attached hydrogens (primary N) is 1. The third kappa shape index (κ3) is 4.45. The Labute approximate surface area is 120 Å². The summed E-state index contributed by atoms with van der Waals surface area (Å²) >= 11 is 2.22. The maximum absolute atomic E-state index is 11.5. The first kappa shape index (κ1) is 13.6. The van der Waals surface area contributed by atoms with Crippen molar-refractivity contribution >= 4 is 28.5 Å². The molecule has 0 radical (unpaired) electrons. The van der Waals surface area contributed by atoms with Gasteiger partial charge in [-0.3, -0.25) is 4.79 Å². The van der Waals surface area contributed by atoms with Gasteiger partial charge in [-0.25, -0.2) is 0 Å². The monoisotopic (exact) mass is 360 g/mol. The van der Waals surface area contributed by atoms with E-state index < -0.39 is 0 Å². The van der Waals surface area contributed by atoms with Gasteiger partial charge in [-0.1, -0.05) is 0 Å². The van der Waals surface area contributed by atoms with Crippen LogP contribution in [0.2, 0.25) is 0 Å². The summed E-state index contributed by atoms with van der Waals surface area (Å²) in [6, 6.07) is 7.68. The van der Waals surface area contributed by atoms with Gasteiger partial charge in [0.25, 0.3) is 5.91 Å². The lowest BCUT2D eigenvalue weighted by atomic mass is 10.2. The smallest absolute Gasteiger partial charge is 0.257 e. The van der Waals surface area contributed by atoms with E-state index in [1.807, 2.05) is 24.3 Å². The van der Waals surface area contributed by atoms with Crippen molar-refractivity contribution in [2.24, 2.45) is 11.7 Å². The van der Waals surface area contributed by atoms with Crippen molar-refractivity contribution in [2.45, 2.75) is 18.9 Å². The molecule has 0 aromatic heterocycles. The highest BCUT2D eigenvalue weighted by Crippen LogP contribution is 2.31. The van der Waals surface area contributed by atoms with Crippen molar-refractivity contribution in [2.75, 3.05) is 13.2 Å². The summed E-state index contributed by atoms with van der Waals surface area (Å²) in [7, 11) is 0. The number of rotatable bonds is 6. The molecule has 0 bridgehead atoms. The lowest BCUT2D eigenvalue weighted by Crippen LogP contribution is -2.40. The first-order chi connectivity index (χ1) is 8.65. The van der Waals surface area contributed by atoms with Crippen LogP contribution < -0.4 is 15.8 Å². The number of nitrogens with one attached hydrogen (secondary N) is 1. The summed E-state index contributed by atoms with van der Waals surface area (Å²) in [4.78, 5) is 11.5. The van der Waals surface area contributed by atoms with E-state index in [0.717, 1.165) is 3.57 Å². The molecule has 4 nitrogen and oxygen atoms in total. The topological polar surface area (TPSA) is 64.3 Å². The van der Waals surface area contributed by atoms with Crippen LogP contribution >= 0.6 is 22.6 Å². The van der Waals surface area contributed by atoms with E-state index in [1.54, 1.807) is 0 Å². The van der Waals surface area contributed by atoms with Gasteiger partial charge in [0, 0.05) is 16.2 Å². The lowest BCUT2D eigenvalue weighted by molar-refractivity contribution is -0.123. The van der Waals surface area contributed by atoms with Crippen LogP contribution in [-0.2, 0) is 4.79 Å². The predicted molar refractivity (Wildman–Crippen MR) is 78.4 cm³/mol. The minimum absolute atomic E-state index is 0.0397. The molecule has 1 aliphatic carbocycles. The van der Waals surface area contributed by atoms with Gasteiger partial charge in [-0.15, -0.1) is 0 Å². The number of carbonyl (C=O) groups is 1. The summed E-state index contributed by atoms with van der Waals surface area (Å²) in [5.74, 6) is 1.18. The number of ether oxygens (including phenoxy) is 1. The first-order valence-corrected chi connectivity index (χ1v) is 7.13. The van der Waals surface area contributed by atoms with Crippen molar-refractivity contribution in [3.63, 3.8) is 0 Å². The lowest BCUT2D eigenvalue weighted by Gasteiger charge is -2.12. The van der Waals surface area contributed by atoms with Crippen molar-refractivity contribution < 1.29 is 9.53 Å². The van der Waals surface area contributed by atoms with Crippen molar-refractivity contribution in [3.8, 4) is 5.75 Å². The van der Waals surface area contributed by atoms with Crippen LogP contribution in [0.4, 0.5) is 0 Å². The van der Waals surface area contributed by atoms with Gasteiger partial charge in [-0.2, -0.15) is 0 Å². The van der Waals surface area contributed by atoms with E-state index >= 15 is 0 Å². The van der Waals surface area contributed by atoms with Gasteiger partial charge in [0.15, 0.2) is 6.61 Å². The Kier molecular flexibility index (Phi) is 4.82. The Morgan fingerprint density at radius 2 is 2.11 bits per heavy atom. The minimum Gasteiger partial charge on any atom is -0.484 e. The fraction of sp³-hybridized carbons (Fsp3) is 0.462. The Hall–Kier alpha value is -0.820. The average molecular weight is 360 g/mol. The molecule has 0 spiro atoms. The van der Waals surface area contributed by atoms with E-state index in [2.05, 4.69) is 27.9 Å². The Bertz CT molecular complexity index is 404. The molecule has 1 atom stereocenters. The quantitative estimate of drug-likeness (QED) is 0.757. The van der Waals surface area contributed by atoms with Gasteiger partial charge in [0.1, 0.15) is 5.75 Å². The van der Waals surface area contributed by atoms with E-state index in [-0.39, 0.29) is 18.6 Å². The van der Waals surface area contributed by atoms with Crippen LogP contribution in [0.15, 0.2) is 24.3 Å². The molecular formula is C13H17IN2O2. The van der Waals surface area contributed by atoms with Crippen LogP contribution in [0.5, 0.6) is 5.75 Å². The van der Waals surface area contributed by atoms with E-state index in [0.29, 0.717) is 18.2 Å². The molecule has 1 unspecified atom stereocenters. The van der Waals surface area contributed by atoms with Crippen molar-refractivity contribution in [3.05, 3.63) is 27.8 Å². The molecule has 18 heavy (non-hydrogen) atoms. The highest BCUT2D eigenvalue weighted by atomic mass is 127. The van der Waals surface area contributed by atoms with Crippen LogP contribution in [0, 0.1) is 9.49 Å². The zero-order valence-electron chi connectivity index (χ0n) is 10.1. The van der Waals surface area contributed by atoms with Crippen LogP contribution in [-0.4, -0.2) is 25.1 Å². The number of hydrogen-bond donors (Lipinski definition) is 2. The molecule has 1 aliphatic rings. The second-order valence-corrected chi connectivity index (χ2v) is 5.79. The SMILES string of the molecule is NC(CNC(=O)COc1ccc(I)cc1)C1CC1. The Morgan fingerprint density at radius 1 is 1.44 bits per heavy atom. The molecule has 2 rings (SSSR count). The minimum atomic E-state index is -0.121. The van der Waals surface area contributed by atoms with E-state index in [9.17, 15) is 4.79 Å². The van der Waals surface area contributed by atoms with Gasteiger partial charge in [0.05, 0.1) is 0 Å². The number of halogens is 1. The molecule has 0 saturated heterocycles. The fourth-order valence-corrected chi connectivity index (χ4v) is 2.01. The normalized spacial score (nSPS) is 16.1. The molecule has 1 amide bonds. The van der Waals surface area contributed by atoms with Gasteiger partial charge in [0.2, 0.25) is 0 Å². The van der Waals surface area contributed by atoms with Crippen LogP contribution in [0.3, 0.4) is 0 Å². The summed E-state index contributed by atoms with van der Waals surface area (Å²) in [6.07, 6.45) is 2.38. The fourth-order valence-electron chi connectivity index (χ4n) is 1.65. The molecule has 5 heteroatoms. The standard InChI is InChI=1S/C13H17IN2O2/c14-10-3-5-11(6-4-10)18-8-13(17)16-7-12(15)9-1-2-9/h3-6,9,12H,1-2,7-8,15H2,(H,16,17). The molecule has 1 aromatic rings. The second-order valence-electron chi connectivity index (χ2n) is 4.55. The molecule has 3 N–H and O–H groups in total. The number of amides is 1. The first-order valence-electron chi connectivity index (χ1n) is 6.06. The summed E-state index contributed by atoms with van der Waals surface area (Å²) in [6.45, 7) is 0.581. The van der Waals surface area contributed by atoms with Crippen molar-refractivity contribution in [1.82, 2.24) is 5.32 Å². The molecule has 0 heterocycles. The van der Waals surface area contributed by atoms with Gasteiger partial charge in [-0.05, 0) is 65.6 Å². The summed E-state index contributed by atoms with van der Waals surface area (Å²) < 4.78 is 6.51. The van der Waals surface area contributed by atoms with E-state index in [4.69, 9.17) is 10.5 Å². The summed E-state index contributed by atoms with van der Waals surface area (Å²) in [5, 5.41) is 2.79.